The lowest BCUT2D eigenvalue weighted by atomic mass is 9.88. The monoisotopic (exact) mass is 280 g/mol. The van der Waals surface area contributed by atoms with Crippen molar-refractivity contribution in [2.24, 2.45) is 17.8 Å². The molecule has 2 unspecified atom stereocenters. The molecule has 2 aliphatic rings. The van der Waals surface area contributed by atoms with Crippen LogP contribution in [0.2, 0.25) is 0 Å². The molecular formula is C17H32N2O. The first-order chi connectivity index (χ1) is 9.49. The summed E-state index contributed by atoms with van der Waals surface area (Å²) in [5.74, 6) is 2.13. The van der Waals surface area contributed by atoms with Gasteiger partial charge in [-0.2, -0.15) is 0 Å². The van der Waals surface area contributed by atoms with Crippen LogP contribution in [0.5, 0.6) is 0 Å². The van der Waals surface area contributed by atoms with Crippen molar-refractivity contribution in [2.45, 2.75) is 78.4 Å². The van der Waals surface area contributed by atoms with E-state index < -0.39 is 0 Å². The topological polar surface area (TPSA) is 32.3 Å². The van der Waals surface area contributed by atoms with E-state index in [1.165, 1.54) is 32.1 Å². The Hall–Kier alpha value is -0.570. The van der Waals surface area contributed by atoms with Crippen LogP contribution in [0.25, 0.3) is 0 Å². The van der Waals surface area contributed by atoms with Gasteiger partial charge in [-0.15, -0.1) is 0 Å². The van der Waals surface area contributed by atoms with Crippen molar-refractivity contribution in [3.8, 4) is 0 Å². The molecule has 3 heteroatoms. The van der Waals surface area contributed by atoms with E-state index in [9.17, 15) is 4.79 Å². The largest absolute Gasteiger partial charge is 0.325 e. The summed E-state index contributed by atoms with van der Waals surface area (Å²) in [4.78, 5) is 14.9. The molecule has 0 bridgehead atoms. The lowest BCUT2D eigenvalue weighted by Gasteiger charge is -2.32. The molecule has 2 atom stereocenters. The third-order valence-corrected chi connectivity index (χ3v) is 4.81. The van der Waals surface area contributed by atoms with Gasteiger partial charge in [0.05, 0.1) is 12.2 Å². The average molecular weight is 280 g/mol. The first kappa shape index (κ1) is 15.8. The molecule has 1 N–H and O–H groups in total. The van der Waals surface area contributed by atoms with Crippen LogP contribution in [0.15, 0.2) is 0 Å². The van der Waals surface area contributed by atoms with Crippen molar-refractivity contribution in [3.63, 3.8) is 0 Å². The quantitative estimate of drug-likeness (QED) is 0.837. The predicted octanol–water partition coefficient (Wildman–Crippen LogP) is 3.40. The number of carbonyl (C=O) groups excluding carboxylic acids is 1. The smallest absolute Gasteiger partial charge is 0.241 e. The molecule has 0 aromatic carbocycles. The maximum atomic E-state index is 12.7. The Kier molecular flexibility index (Phi) is 5.48. The zero-order chi connectivity index (χ0) is 14.7. The van der Waals surface area contributed by atoms with Gasteiger partial charge in [0, 0.05) is 6.54 Å². The highest BCUT2D eigenvalue weighted by atomic mass is 16.2. The first-order valence-electron chi connectivity index (χ1n) is 8.55. The van der Waals surface area contributed by atoms with Crippen LogP contribution in [0.3, 0.4) is 0 Å². The number of hydrogen-bond donors (Lipinski definition) is 1. The van der Waals surface area contributed by atoms with Crippen molar-refractivity contribution < 1.29 is 4.79 Å². The van der Waals surface area contributed by atoms with Crippen LogP contribution in [0, 0.1) is 17.8 Å². The summed E-state index contributed by atoms with van der Waals surface area (Å²) in [6, 6.07) is 0.0472. The van der Waals surface area contributed by atoms with Gasteiger partial charge in [-0.05, 0) is 37.0 Å². The van der Waals surface area contributed by atoms with Crippen molar-refractivity contribution in [3.05, 3.63) is 0 Å². The van der Waals surface area contributed by atoms with Crippen LogP contribution in [0.1, 0.15) is 66.2 Å². The van der Waals surface area contributed by atoms with E-state index in [1.54, 1.807) is 0 Å². The summed E-state index contributed by atoms with van der Waals surface area (Å²) in [6.07, 6.45) is 7.90. The highest BCUT2D eigenvalue weighted by Crippen LogP contribution is 2.28. The lowest BCUT2D eigenvalue weighted by molar-refractivity contribution is -0.131. The van der Waals surface area contributed by atoms with Gasteiger partial charge in [-0.1, -0.05) is 47.0 Å². The molecule has 0 radical (unpaired) electrons. The minimum Gasteiger partial charge on any atom is -0.325 e. The molecular weight excluding hydrogens is 248 g/mol. The number of nitrogens with one attached hydrogen (secondary N) is 1. The molecule has 1 aliphatic carbocycles. The number of rotatable bonds is 5. The fourth-order valence-corrected chi connectivity index (χ4v) is 3.75. The fourth-order valence-electron chi connectivity index (χ4n) is 3.75. The number of nitrogens with zero attached hydrogens (tertiary/aromatic N) is 1. The van der Waals surface area contributed by atoms with E-state index in [1.807, 2.05) is 0 Å². The minimum atomic E-state index is 0.0472. The van der Waals surface area contributed by atoms with E-state index in [4.69, 9.17) is 0 Å². The number of carbonyl (C=O) groups is 1. The molecule has 0 aromatic heterocycles. The Morgan fingerprint density at radius 1 is 1.15 bits per heavy atom. The van der Waals surface area contributed by atoms with Crippen LogP contribution in [-0.4, -0.2) is 29.6 Å². The average Bonchev–Trinajstić information content (AvgIpc) is 2.69. The minimum absolute atomic E-state index is 0.0472. The fraction of sp³-hybridized carbons (Fsp3) is 0.941. The Morgan fingerprint density at radius 3 is 2.35 bits per heavy atom. The van der Waals surface area contributed by atoms with Crippen molar-refractivity contribution in [2.75, 3.05) is 6.54 Å². The summed E-state index contributed by atoms with van der Waals surface area (Å²) < 4.78 is 0. The molecule has 0 aromatic rings. The molecule has 1 saturated heterocycles. The van der Waals surface area contributed by atoms with Gasteiger partial charge < -0.3 is 4.90 Å². The third-order valence-electron chi connectivity index (χ3n) is 4.81. The van der Waals surface area contributed by atoms with Crippen LogP contribution in [-0.2, 0) is 4.79 Å². The summed E-state index contributed by atoms with van der Waals surface area (Å²) in [5.41, 5.74) is 0. The summed E-state index contributed by atoms with van der Waals surface area (Å²) >= 11 is 0. The predicted molar refractivity (Wildman–Crippen MR) is 83.3 cm³/mol. The molecule has 1 saturated carbocycles. The van der Waals surface area contributed by atoms with Gasteiger partial charge in [0.25, 0.3) is 0 Å². The molecule has 1 aliphatic heterocycles. The van der Waals surface area contributed by atoms with Gasteiger partial charge in [0.15, 0.2) is 0 Å². The number of hydrogen-bond acceptors (Lipinski definition) is 2. The molecule has 1 heterocycles. The second kappa shape index (κ2) is 6.93. The second-order valence-corrected chi connectivity index (χ2v) is 7.53. The number of amides is 1. The normalized spacial score (nSPS) is 28.9. The third kappa shape index (κ3) is 3.75. The SMILES string of the molecule is CC(C)CC1NC(C(C)C)N(CC2CCCCC2)C1=O. The van der Waals surface area contributed by atoms with Crippen LogP contribution >= 0.6 is 0 Å². The summed E-state index contributed by atoms with van der Waals surface area (Å²) in [5, 5.41) is 3.59. The Labute approximate surface area is 124 Å². The maximum absolute atomic E-state index is 12.7. The Bertz CT molecular complexity index is 321. The van der Waals surface area contributed by atoms with E-state index in [0.29, 0.717) is 17.7 Å². The van der Waals surface area contributed by atoms with E-state index in [-0.39, 0.29) is 12.2 Å². The lowest BCUT2D eigenvalue weighted by Crippen LogP contribution is -2.44. The molecule has 2 rings (SSSR count). The van der Waals surface area contributed by atoms with E-state index in [2.05, 4.69) is 37.9 Å². The van der Waals surface area contributed by atoms with Crippen LogP contribution in [0.4, 0.5) is 0 Å². The second-order valence-electron chi connectivity index (χ2n) is 7.53. The van der Waals surface area contributed by atoms with Gasteiger partial charge in [0.2, 0.25) is 5.91 Å². The Balaban J connectivity index is 2.00. The highest BCUT2D eigenvalue weighted by Gasteiger charge is 2.40. The van der Waals surface area contributed by atoms with Gasteiger partial charge in [-0.3, -0.25) is 10.1 Å². The van der Waals surface area contributed by atoms with Crippen LogP contribution < -0.4 is 5.32 Å². The molecule has 2 fully saturated rings. The zero-order valence-electron chi connectivity index (χ0n) is 13.7. The Morgan fingerprint density at radius 2 is 1.80 bits per heavy atom. The summed E-state index contributed by atoms with van der Waals surface area (Å²) in [6.45, 7) is 9.81. The van der Waals surface area contributed by atoms with Crippen molar-refractivity contribution >= 4 is 5.91 Å². The van der Waals surface area contributed by atoms with Gasteiger partial charge in [0.1, 0.15) is 0 Å². The van der Waals surface area contributed by atoms with E-state index in [0.717, 1.165) is 18.9 Å². The standard InChI is InChI=1S/C17H32N2O/c1-12(2)10-15-17(20)19(16(18-15)13(3)4)11-14-8-6-5-7-9-14/h12-16,18H,5-11H2,1-4H3. The highest BCUT2D eigenvalue weighted by molar-refractivity contribution is 5.84. The molecule has 116 valence electrons. The van der Waals surface area contributed by atoms with Crippen molar-refractivity contribution in [1.82, 2.24) is 10.2 Å². The van der Waals surface area contributed by atoms with Gasteiger partial charge >= 0.3 is 0 Å². The maximum Gasteiger partial charge on any atom is 0.241 e. The molecule has 1 amide bonds. The first-order valence-corrected chi connectivity index (χ1v) is 8.55. The molecule has 0 spiro atoms. The van der Waals surface area contributed by atoms with Crippen molar-refractivity contribution in [1.29, 1.82) is 0 Å². The molecule has 20 heavy (non-hydrogen) atoms. The van der Waals surface area contributed by atoms with E-state index >= 15 is 0 Å². The zero-order valence-corrected chi connectivity index (χ0v) is 13.7. The van der Waals surface area contributed by atoms with Gasteiger partial charge in [-0.25, -0.2) is 0 Å². The summed E-state index contributed by atoms with van der Waals surface area (Å²) in [7, 11) is 0. The molecule has 3 nitrogen and oxygen atoms in total.